The second-order valence-corrected chi connectivity index (χ2v) is 7.91. The zero-order valence-electron chi connectivity index (χ0n) is 18.4. The zero-order chi connectivity index (χ0) is 21.7. The number of rotatable bonds is 8. The van der Waals surface area contributed by atoms with Gasteiger partial charge in [0.25, 0.3) is 0 Å². The second kappa shape index (κ2) is 9.65. The molecule has 0 saturated heterocycles. The minimum absolute atomic E-state index is 0.0765. The summed E-state index contributed by atoms with van der Waals surface area (Å²) in [6, 6.07) is 9.98. The number of nitrogens with one attached hydrogen (secondary N) is 1. The molecular formula is C24H30N4O2. The van der Waals surface area contributed by atoms with E-state index in [1.807, 2.05) is 51.1 Å². The van der Waals surface area contributed by atoms with Crippen LogP contribution in [0.3, 0.4) is 0 Å². The lowest BCUT2D eigenvalue weighted by Gasteiger charge is -2.13. The van der Waals surface area contributed by atoms with Gasteiger partial charge in [-0.25, -0.2) is 9.97 Å². The highest BCUT2D eigenvalue weighted by atomic mass is 16.5. The topological polar surface area (TPSA) is 80.9 Å². The van der Waals surface area contributed by atoms with E-state index >= 15 is 0 Å². The van der Waals surface area contributed by atoms with Gasteiger partial charge in [0.1, 0.15) is 5.82 Å². The average Bonchev–Trinajstić information content (AvgIpc) is 3.19. The highest BCUT2D eigenvalue weighted by Gasteiger charge is 2.17. The number of benzene rings is 1. The Morgan fingerprint density at radius 3 is 2.40 bits per heavy atom. The van der Waals surface area contributed by atoms with E-state index in [4.69, 9.17) is 9.51 Å². The molecule has 0 aliphatic heterocycles. The van der Waals surface area contributed by atoms with Gasteiger partial charge in [-0.15, -0.1) is 0 Å². The van der Waals surface area contributed by atoms with Crippen LogP contribution in [0.25, 0.3) is 22.6 Å². The van der Waals surface area contributed by atoms with E-state index in [9.17, 15) is 4.79 Å². The normalized spacial score (nSPS) is 11.3. The first-order valence-electron chi connectivity index (χ1n) is 10.6. The third-order valence-electron chi connectivity index (χ3n) is 5.27. The lowest BCUT2D eigenvalue weighted by molar-refractivity contribution is -0.125. The van der Waals surface area contributed by atoms with Crippen molar-refractivity contribution in [3.05, 3.63) is 53.6 Å². The van der Waals surface area contributed by atoms with Crippen LogP contribution < -0.4 is 5.32 Å². The predicted molar refractivity (Wildman–Crippen MR) is 118 cm³/mol. The quantitative estimate of drug-likeness (QED) is 0.550. The lowest BCUT2D eigenvalue weighted by atomic mass is 10.0. The Balaban J connectivity index is 1.86. The molecule has 3 rings (SSSR count). The molecule has 0 saturated carbocycles. The molecule has 3 aromatic rings. The van der Waals surface area contributed by atoms with E-state index in [1.165, 1.54) is 0 Å². The summed E-state index contributed by atoms with van der Waals surface area (Å²) in [5, 5.41) is 7.03. The second-order valence-electron chi connectivity index (χ2n) is 7.91. The molecule has 1 aromatic carbocycles. The molecule has 1 amide bonds. The third-order valence-corrected chi connectivity index (χ3v) is 5.27. The van der Waals surface area contributed by atoms with Gasteiger partial charge < -0.3 is 9.84 Å². The summed E-state index contributed by atoms with van der Waals surface area (Å²) in [5.41, 5.74) is 4.46. The summed E-state index contributed by atoms with van der Waals surface area (Å²) >= 11 is 0. The number of hydrogen-bond acceptors (Lipinski definition) is 5. The van der Waals surface area contributed by atoms with Crippen LogP contribution >= 0.6 is 0 Å². The van der Waals surface area contributed by atoms with Crippen molar-refractivity contribution in [3.8, 4) is 22.6 Å². The molecule has 158 valence electrons. The Bertz CT molecular complexity index is 989. The van der Waals surface area contributed by atoms with E-state index in [0.717, 1.165) is 46.7 Å². The first-order valence-corrected chi connectivity index (χ1v) is 10.6. The van der Waals surface area contributed by atoms with Crippen molar-refractivity contribution in [1.82, 2.24) is 20.4 Å². The van der Waals surface area contributed by atoms with Crippen LogP contribution in [0.5, 0.6) is 0 Å². The molecule has 1 N–H and O–H groups in total. The molecule has 0 fully saturated rings. The molecule has 0 radical (unpaired) electrons. The number of carbonyl (C=O) groups excluding carboxylic acids is 1. The van der Waals surface area contributed by atoms with Crippen LogP contribution in [0, 0.1) is 12.8 Å². The van der Waals surface area contributed by atoms with Gasteiger partial charge in [-0.1, -0.05) is 57.1 Å². The van der Waals surface area contributed by atoms with Gasteiger partial charge in [0, 0.05) is 36.2 Å². The molecule has 0 unspecified atom stereocenters. The van der Waals surface area contributed by atoms with Gasteiger partial charge in [-0.05, 0) is 25.3 Å². The highest BCUT2D eigenvalue weighted by Crippen LogP contribution is 2.31. The Kier molecular flexibility index (Phi) is 6.98. The standard InChI is InChI=1S/C24H30N4O2/c1-6-18(7-2)24(29)26-13-17-8-10-19(11-9-17)22-20(21-12-16(5)28-30-21)14-25-23(27-22)15(3)4/h8-12,14-15,18H,6-7,13H2,1-5H3,(H,26,29). The first-order chi connectivity index (χ1) is 14.4. The summed E-state index contributed by atoms with van der Waals surface area (Å²) in [5.74, 6) is 1.84. The van der Waals surface area contributed by atoms with Gasteiger partial charge in [0.05, 0.1) is 17.0 Å². The van der Waals surface area contributed by atoms with Crippen molar-refractivity contribution in [2.75, 3.05) is 0 Å². The Morgan fingerprint density at radius 1 is 1.13 bits per heavy atom. The number of hydrogen-bond donors (Lipinski definition) is 1. The number of aromatic nitrogens is 3. The fourth-order valence-corrected chi connectivity index (χ4v) is 3.34. The lowest BCUT2D eigenvalue weighted by Crippen LogP contribution is -2.29. The van der Waals surface area contributed by atoms with Crippen molar-refractivity contribution in [2.45, 2.75) is 59.9 Å². The number of carbonyl (C=O) groups is 1. The van der Waals surface area contributed by atoms with E-state index in [-0.39, 0.29) is 17.7 Å². The maximum Gasteiger partial charge on any atom is 0.223 e. The van der Waals surface area contributed by atoms with Gasteiger partial charge in [-0.3, -0.25) is 4.79 Å². The number of nitrogens with zero attached hydrogens (tertiary/aromatic N) is 3. The summed E-state index contributed by atoms with van der Waals surface area (Å²) < 4.78 is 5.47. The molecule has 2 aromatic heterocycles. The molecule has 0 atom stereocenters. The maximum atomic E-state index is 12.2. The van der Waals surface area contributed by atoms with Crippen molar-refractivity contribution < 1.29 is 9.32 Å². The SMILES string of the molecule is CCC(CC)C(=O)NCc1ccc(-c2nc(C(C)C)ncc2-c2cc(C)no2)cc1. The predicted octanol–water partition coefficient (Wildman–Crippen LogP) is 5.28. The molecule has 0 aliphatic carbocycles. The van der Waals surface area contributed by atoms with Crippen molar-refractivity contribution in [1.29, 1.82) is 0 Å². The van der Waals surface area contributed by atoms with Crippen LogP contribution in [0.2, 0.25) is 0 Å². The Labute approximate surface area is 178 Å². The number of amides is 1. The average molecular weight is 407 g/mol. The van der Waals surface area contributed by atoms with Crippen LogP contribution in [-0.4, -0.2) is 21.0 Å². The van der Waals surface area contributed by atoms with Crippen molar-refractivity contribution >= 4 is 5.91 Å². The molecule has 0 bridgehead atoms. The molecule has 30 heavy (non-hydrogen) atoms. The zero-order valence-corrected chi connectivity index (χ0v) is 18.4. The van der Waals surface area contributed by atoms with Gasteiger partial charge in [0.15, 0.2) is 5.76 Å². The van der Waals surface area contributed by atoms with Gasteiger partial charge in [-0.2, -0.15) is 0 Å². The molecular weight excluding hydrogens is 376 g/mol. The summed E-state index contributed by atoms with van der Waals surface area (Å²) in [4.78, 5) is 21.5. The number of aryl methyl sites for hydroxylation is 1. The summed E-state index contributed by atoms with van der Waals surface area (Å²) in [7, 11) is 0. The van der Waals surface area contributed by atoms with E-state index in [0.29, 0.717) is 12.3 Å². The fraction of sp³-hybridized carbons (Fsp3) is 0.417. The van der Waals surface area contributed by atoms with Crippen LogP contribution in [0.1, 0.15) is 63.5 Å². The van der Waals surface area contributed by atoms with Gasteiger partial charge in [0.2, 0.25) is 5.91 Å². The maximum absolute atomic E-state index is 12.2. The van der Waals surface area contributed by atoms with Crippen LogP contribution in [0.4, 0.5) is 0 Å². The van der Waals surface area contributed by atoms with Crippen LogP contribution in [0.15, 0.2) is 41.1 Å². The summed E-state index contributed by atoms with van der Waals surface area (Å²) in [6.45, 7) is 10.6. The molecule has 0 aliphatic rings. The minimum atomic E-state index is 0.0765. The van der Waals surface area contributed by atoms with E-state index in [1.54, 1.807) is 6.20 Å². The Morgan fingerprint density at radius 2 is 1.83 bits per heavy atom. The molecule has 2 heterocycles. The van der Waals surface area contributed by atoms with E-state index in [2.05, 4.69) is 29.3 Å². The monoisotopic (exact) mass is 406 g/mol. The minimum Gasteiger partial charge on any atom is -0.356 e. The van der Waals surface area contributed by atoms with Crippen molar-refractivity contribution in [3.63, 3.8) is 0 Å². The summed E-state index contributed by atoms with van der Waals surface area (Å²) in [6.07, 6.45) is 3.52. The first kappa shape index (κ1) is 21.7. The van der Waals surface area contributed by atoms with Crippen LogP contribution in [-0.2, 0) is 11.3 Å². The largest absolute Gasteiger partial charge is 0.356 e. The van der Waals surface area contributed by atoms with Crippen molar-refractivity contribution in [2.24, 2.45) is 5.92 Å². The van der Waals surface area contributed by atoms with E-state index < -0.39 is 0 Å². The van der Waals surface area contributed by atoms with Gasteiger partial charge >= 0.3 is 0 Å². The smallest absolute Gasteiger partial charge is 0.223 e. The molecule has 0 spiro atoms. The third kappa shape index (κ3) is 4.93. The molecule has 6 heteroatoms. The highest BCUT2D eigenvalue weighted by molar-refractivity contribution is 5.79. The fourth-order valence-electron chi connectivity index (χ4n) is 3.34. The Hall–Kier alpha value is -3.02. The molecule has 6 nitrogen and oxygen atoms in total.